The average Bonchev–Trinajstić information content (AvgIpc) is 3.37. The van der Waals surface area contributed by atoms with Crippen LogP contribution in [0, 0.1) is 0 Å². The smallest absolute Gasteiger partial charge is 0.325 e. The second-order valence-electron chi connectivity index (χ2n) is 9.19. The first-order valence-corrected chi connectivity index (χ1v) is 11.7. The Morgan fingerprint density at radius 3 is 2.56 bits per heavy atom. The zero-order chi connectivity index (χ0) is 22.7. The monoisotopic (exact) mass is 443 g/mol. The lowest BCUT2D eigenvalue weighted by atomic mass is 9.82. The molecule has 1 spiro atoms. The molecule has 3 aliphatic rings. The third-order valence-corrected chi connectivity index (χ3v) is 6.92. The van der Waals surface area contributed by atoms with E-state index in [9.17, 15) is 14.4 Å². The lowest BCUT2D eigenvalue weighted by molar-refractivity contribution is -0.136. The van der Waals surface area contributed by atoms with Crippen molar-refractivity contribution in [3.05, 3.63) is 23.8 Å². The van der Waals surface area contributed by atoms with E-state index >= 15 is 0 Å². The maximum Gasteiger partial charge on any atom is 0.325 e. The largest absolute Gasteiger partial charge is 0.493 e. The number of methoxy groups -OCH3 is 1. The van der Waals surface area contributed by atoms with E-state index in [1.54, 1.807) is 7.11 Å². The first kappa shape index (κ1) is 22.4. The average molecular weight is 444 g/mol. The number of benzene rings is 1. The number of ether oxygens (including phenoxy) is 2. The summed E-state index contributed by atoms with van der Waals surface area (Å²) < 4.78 is 11.6. The van der Waals surface area contributed by atoms with E-state index in [0.717, 1.165) is 42.6 Å². The van der Waals surface area contributed by atoms with Gasteiger partial charge in [0, 0.05) is 0 Å². The first-order chi connectivity index (χ1) is 15.4. The van der Waals surface area contributed by atoms with Crippen LogP contribution in [0.5, 0.6) is 11.5 Å². The minimum absolute atomic E-state index is 0.225. The van der Waals surface area contributed by atoms with Gasteiger partial charge in [0.25, 0.3) is 5.91 Å². The van der Waals surface area contributed by atoms with Gasteiger partial charge >= 0.3 is 6.03 Å². The van der Waals surface area contributed by atoms with Gasteiger partial charge in [0.15, 0.2) is 11.5 Å². The van der Waals surface area contributed by atoms with Crippen molar-refractivity contribution >= 4 is 17.8 Å². The number of urea groups is 1. The Bertz CT molecular complexity index is 874. The molecule has 8 nitrogen and oxygen atoms in total. The van der Waals surface area contributed by atoms with Crippen LogP contribution in [0.1, 0.15) is 76.3 Å². The van der Waals surface area contributed by atoms with Crippen LogP contribution in [0.4, 0.5) is 4.79 Å². The van der Waals surface area contributed by atoms with Crippen LogP contribution in [-0.2, 0) is 9.59 Å². The van der Waals surface area contributed by atoms with Gasteiger partial charge in [-0.2, -0.15) is 0 Å². The Morgan fingerprint density at radius 2 is 1.88 bits per heavy atom. The number of hydrogen-bond acceptors (Lipinski definition) is 5. The highest BCUT2D eigenvalue weighted by atomic mass is 16.5. The van der Waals surface area contributed by atoms with E-state index in [1.165, 1.54) is 12.8 Å². The molecule has 8 heteroatoms. The minimum Gasteiger partial charge on any atom is -0.493 e. The predicted octanol–water partition coefficient (Wildman–Crippen LogP) is 3.45. The predicted molar refractivity (Wildman–Crippen MR) is 118 cm³/mol. The van der Waals surface area contributed by atoms with Crippen molar-refractivity contribution in [2.75, 3.05) is 13.7 Å². The molecular formula is C24H33N3O5. The fourth-order valence-corrected chi connectivity index (χ4v) is 5.06. The zero-order valence-electron chi connectivity index (χ0n) is 18.9. The maximum absolute atomic E-state index is 12.9. The highest BCUT2D eigenvalue weighted by Crippen LogP contribution is 2.35. The Hall–Kier alpha value is -2.77. The van der Waals surface area contributed by atoms with Crippen LogP contribution < -0.4 is 20.1 Å². The fourth-order valence-electron chi connectivity index (χ4n) is 5.06. The minimum atomic E-state index is -0.816. The van der Waals surface area contributed by atoms with E-state index < -0.39 is 11.6 Å². The summed E-state index contributed by atoms with van der Waals surface area (Å²) in [5.74, 6) is 0.682. The molecule has 2 N–H and O–H groups in total. The molecule has 0 bridgehead atoms. The highest BCUT2D eigenvalue weighted by Gasteiger charge is 2.51. The molecule has 174 valence electrons. The first-order valence-electron chi connectivity index (χ1n) is 11.7. The number of nitrogens with one attached hydrogen (secondary N) is 2. The van der Waals surface area contributed by atoms with Gasteiger partial charge in [0.05, 0.1) is 19.3 Å². The summed E-state index contributed by atoms with van der Waals surface area (Å²) >= 11 is 0. The number of carbonyl (C=O) groups is 3. The topological polar surface area (TPSA) is 97.0 Å². The van der Waals surface area contributed by atoms with Crippen LogP contribution in [0.15, 0.2) is 18.2 Å². The van der Waals surface area contributed by atoms with Crippen LogP contribution in [-0.4, -0.2) is 48.0 Å². The van der Waals surface area contributed by atoms with Gasteiger partial charge in [0.1, 0.15) is 12.1 Å². The summed E-state index contributed by atoms with van der Waals surface area (Å²) in [7, 11) is 1.60. The van der Waals surface area contributed by atoms with E-state index in [2.05, 4.69) is 10.6 Å². The van der Waals surface area contributed by atoms with Crippen LogP contribution in [0.2, 0.25) is 0 Å². The third-order valence-electron chi connectivity index (χ3n) is 6.92. The van der Waals surface area contributed by atoms with Crippen LogP contribution in [0.3, 0.4) is 0 Å². The SMILES string of the molecule is COc1cc(C(C)NC(=O)CN2C(=O)NC3(CCCCC3)C2=O)ccc1OC1CCCC1. The molecule has 1 aromatic rings. The number of amides is 4. The summed E-state index contributed by atoms with van der Waals surface area (Å²) in [4.78, 5) is 39.0. The van der Waals surface area contributed by atoms with Crippen molar-refractivity contribution in [2.45, 2.75) is 82.4 Å². The normalized spacial score (nSPS) is 21.5. The van der Waals surface area contributed by atoms with Gasteiger partial charge in [-0.05, 0) is 63.1 Å². The van der Waals surface area contributed by atoms with Gasteiger partial charge < -0.3 is 20.1 Å². The second-order valence-corrected chi connectivity index (χ2v) is 9.19. The molecule has 4 rings (SSSR count). The van der Waals surface area contributed by atoms with Crippen molar-refractivity contribution < 1.29 is 23.9 Å². The summed E-state index contributed by atoms with van der Waals surface area (Å²) in [5, 5.41) is 5.73. The zero-order valence-corrected chi connectivity index (χ0v) is 18.9. The maximum atomic E-state index is 12.9. The molecule has 1 saturated heterocycles. The second kappa shape index (κ2) is 9.38. The van der Waals surface area contributed by atoms with Gasteiger partial charge in [0.2, 0.25) is 5.91 Å². The number of rotatable bonds is 7. The number of carbonyl (C=O) groups excluding carboxylic acids is 3. The van der Waals surface area contributed by atoms with Crippen molar-refractivity contribution in [3.8, 4) is 11.5 Å². The molecular weight excluding hydrogens is 410 g/mol. The number of imide groups is 1. The molecule has 2 saturated carbocycles. The number of nitrogens with zero attached hydrogens (tertiary/aromatic N) is 1. The summed E-state index contributed by atoms with van der Waals surface area (Å²) in [6, 6.07) is 4.85. The van der Waals surface area contributed by atoms with E-state index in [4.69, 9.17) is 9.47 Å². The van der Waals surface area contributed by atoms with Crippen LogP contribution in [0.25, 0.3) is 0 Å². The van der Waals surface area contributed by atoms with Gasteiger partial charge in [-0.1, -0.05) is 25.3 Å². The highest BCUT2D eigenvalue weighted by molar-refractivity contribution is 6.09. The van der Waals surface area contributed by atoms with Gasteiger partial charge in [-0.3, -0.25) is 14.5 Å². The molecule has 4 amide bonds. The molecule has 32 heavy (non-hydrogen) atoms. The van der Waals surface area contributed by atoms with E-state index in [1.807, 2.05) is 25.1 Å². The summed E-state index contributed by atoms with van der Waals surface area (Å²) in [6.45, 7) is 1.58. The molecule has 1 aromatic carbocycles. The quantitative estimate of drug-likeness (QED) is 0.629. The van der Waals surface area contributed by atoms with E-state index in [0.29, 0.717) is 24.3 Å². The molecule has 0 radical (unpaired) electrons. The van der Waals surface area contributed by atoms with Crippen molar-refractivity contribution in [3.63, 3.8) is 0 Å². The Balaban J connectivity index is 1.37. The molecule has 1 unspecified atom stereocenters. The third kappa shape index (κ3) is 4.54. The molecule has 2 aliphatic carbocycles. The lowest BCUT2D eigenvalue weighted by Crippen LogP contribution is -2.49. The standard InChI is InChI=1S/C24H33N3O5/c1-16(17-10-11-19(20(14-17)31-2)32-18-8-4-5-9-18)25-21(28)15-27-22(29)24(26-23(27)30)12-6-3-7-13-24/h10-11,14,16,18H,3-9,12-13,15H2,1-2H3,(H,25,28)(H,26,30). The van der Waals surface area contributed by atoms with E-state index in [-0.39, 0.29) is 30.5 Å². The van der Waals surface area contributed by atoms with Crippen LogP contribution >= 0.6 is 0 Å². The summed E-state index contributed by atoms with van der Waals surface area (Å²) in [5.41, 5.74) is 0.0407. The van der Waals surface area contributed by atoms with Crippen molar-refractivity contribution in [1.29, 1.82) is 0 Å². The molecule has 1 atom stereocenters. The Morgan fingerprint density at radius 1 is 1.16 bits per heavy atom. The Kier molecular flexibility index (Phi) is 6.58. The number of hydrogen-bond donors (Lipinski definition) is 2. The van der Waals surface area contributed by atoms with Crippen molar-refractivity contribution in [1.82, 2.24) is 15.5 Å². The van der Waals surface area contributed by atoms with Gasteiger partial charge in [-0.15, -0.1) is 0 Å². The van der Waals surface area contributed by atoms with Gasteiger partial charge in [-0.25, -0.2) is 4.79 Å². The summed E-state index contributed by atoms with van der Waals surface area (Å²) in [6.07, 6.45) is 8.88. The molecule has 1 heterocycles. The Labute approximate surface area is 189 Å². The fraction of sp³-hybridized carbons (Fsp3) is 0.625. The van der Waals surface area contributed by atoms with Crippen molar-refractivity contribution in [2.24, 2.45) is 0 Å². The molecule has 0 aromatic heterocycles. The molecule has 1 aliphatic heterocycles. The molecule has 3 fully saturated rings. The lowest BCUT2D eigenvalue weighted by Gasteiger charge is -2.30.